The van der Waals surface area contributed by atoms with Crippen LogP contribution in [0.4, 0.5) is 30.2 Å². The van der Waals surface area contributed by atoms with E-state index in [0.717, 1.165) is 202 Å². The van der Waals surface area contributed by atoms with Crippen LogP contribution in [0, 0.1) is 17.5 Å². The van der Waals surface area contributed by atoms with Gasteiger partial charge in [-0.25, -0.2) is 31.9 Å². The highest BCUT2D eigenvalue weighted by atomic mass is 19.1. The second-order valence-corrected chi connectivity index (χ2v) is 36.1. The van der Waals surface area contributed by atoms with Crippen LogP contribution in [-0.4, -0.2) is 149 Å². The Bertz CT molecular complexity index is 5830. The average molecular weight is 1860 g/mol. The Balaban J connectivity index is 0.792. The zero-order chi connectivity index (χ0) is 96.5. The van der Waals surface area contributed by atoms with Crippen molar-refractivity contribution in [1.29, 1.82) is 0 Å². The topological polar surface area (TPSA) is 271 Å². The molecule has 27 heteroatoms. The lowest BCUT2D eigenvalue weighted by Gasteiger charge is -2.24. The Kier molecular flexibility index (Phi) is 41.0. The van der Waals surface area contributed by atoms with E-state index in [1.165, 1.54) is 111 Å². The molecule has 0 bridgehead atoms. The number of para-hydroxylation sites is 1. The molecule has 0 aliphatic carbocycles. The minimum Gasteiger partial charge on any atom is -0.339 e. The Morgan fingerprint density at radius 1 is 0.263 bits per heavy atom. The second kappa shape index (κ2) is 54.6. The third kappa shape index (κ3) is 30.2. The van der Waals surface area contributed by atoms with Gasteiger partial charge in [-0.2, -0.15) is 0 Å². The van der Waals surface area contributed by atoms with Crippen LogP contribution >= 0.6 is 0 Å². The van der Waals surface area contributed by atoms with Crippen LogP contribution < -0.4 is 16.0 Å². The summed E-state index contributed by atoms with van der Waals surface area (Å²) in [4.78, 5) is 92.7. The number of anilines is 3. The van der Waals surface area contributed by atoms with E-state index in [1.807, 2.05) is 108 Å². The number of nitrogens with one attached hydrogen (secondary N) is 3. The zero-order valence-electron chi connectivity index (χ0n) is 81.0. The van der Waals surface area contributed by atoms with E-state index in [4.69, 9.17) is 20.6 Å². The molecular formula is C110H137F3N18O6. The summed E-state index contributed by atoms with van der Waals surface area (Å²) in [5.41, 5.74) is 6.02. The van der Waals surface area contributed by atoms with Crippen LogP contribution in [0.3, 0.4) is 0 Å². The molecule has 6 amide bonds. The summed E-state index contributed by atoms with van der Waals surface area (Å²) in [6.07, 6.45) is 45.8. The Labute approximate surface area is 805 Å². The summed E-state index contributed by atoms with van der Waals surface area (Å²) in [5, 5.41) is 44.6. The van der Waals surface area contributed by atoms with Gasteiger partial charge in [-0.15, -0.1) is 20.4 Å². The molecule has 12 aromatic rings. The summed E-state index contributed by atoms with van der Waals surface area (Å²) < 4.78 is 54.9. The maximum absolute atomic E-state index is 17.4. The van der Waals surface area contributed by atoms with Crippen LogP contribution in [0.1, 0.15) is 335 Å². The van der Waals surface area contributed by atoms with Crippen molar-refractivity contribution >= 4 is 52.5 Å². The van der Waals surface area contributed by atoms with Crippen molar-refractivity contribution in [3.63, 3.8) is 0 Å². The second-order valence-electron chi connectivity index (χ2n) is 36.1. The summed E-state index contributed by atoms with van der Waals surface area (Å²) in [5.74, 6) is -6.70. The van der Waals surface area contributed by atoms with Crippen LogP contribution in [0.5, 0.6) is 0 Å². The van der Waals surface area contributed by atoms with Gasteiger partial charge in [0.25, 0.3) is 35.4 Å². The van der Waals surface area contributed by atoms with Crippen LogP contribution in [0.15, 0.2) is 195 Å². The molecule has 4 aromatic heterocycles. The molecule has 0 fully saturated rings. The first-order valence-corrected chi connectivity index (χ1v) is 50.4. The molecular weight excluding hydrogens is 1730 g/mol. The van der Waals surface area contributed by atoms with Gasteiger partial charge < -0.3 is 30.7 Å². The Hall–Kier alpha value is -13.1. The van der Waals surface area contributed by atoms with Crippen molar-refractivity contribution in [2.75, 3.05) is 55.2 Å². The largest absolute Gasteiger partial charge is 0.339 e. The van der Waals surface area contributed by atoms with Crippen molar-refractivity contribution in [1.82, 2.24) is 74.7 Å². The maximum Gasteiger partial charge on any atom is 0.258 e. The van der Waals surface area contributed by atoms with E-state index in [0.29, 0.717) is 101 Å². The lowest BCUT2D eigenvalue weighted by molar-refractivity contribution is 0.0741. The first-order chi connectivity index (χ1) is 67.0. The van der Waals surface area contributed by atoms with Gasteiger partial charge in [0.05, 0.1) is 75.7 Å². The fraction of sp³-hybridized carbons (Fsp3) is 0.436. The summed E-state index contributed by atoms with van der Waals surface area (Å²) in [6, 6.07) is 46.4. The third-order valence-corrected chi connectivity index (χ3v) is 25.3. The number of rotatable bonds is 59. The SMILES string of the molecule is CCCCCCCCN(CCCCCCCC)C(=O)c1cccc(-n2cc(-c3cccc(-c4cn(-c5cc(C(=O)N(CCCCCCCC)CCCCCCCC)cc(-n6cc(-c7cccc(-c8cn(-c9cccc(C(=O)Nc%10cc(C(=O)N(CCCCCCCC)CCCCCCCC)cc(NC(=O)c%11cccc(C(=O)Nc%12ccccc%12F)c%11F)c%10F)c9)nn8)c7)nn6)c5)nn4)c3)nn2)c1. The molecule has 12 rings (SSSR count). The molecule has 0 aliphatic heterocycles. The highest BCUT2D eigenvalue weighted by molar-refractivity contribution is 6.11. The smallest absolute Gasteiger partial charge is 0.258 e. The molecule has 0 spiro atoms. The predicted molar refractivity (Wildman–Crippen MR) is 539 cm³/mol. The van der Waals surface area contributed by atoms with Gasteiger partial charge >= 0.3 is 0 Å². The number of carbonyl (C=O) groups is 6. The van der Waals surface area contributed by atoms with Crippen LogP contribution in [0.2, 0.25) is 0 Å². The monoisotopic (exact) mass is 1860 g/mol. The molecule has 137 heavy (non-hydrogen) atoms. The minimum absolute atomic E-state index is 0.0367. The van der Waals surface area contributed by atoms with Gasteiger partial charge in [-0.1, -0.05) is 322 Å². The van der Waals surface area contributed by atoms with Crippen LogP contribution in [0.25, 0.3) is 67.8 Å². The van der Waals surface area contributed by atoms with Gasteiger partial charge in [0, 0.05) is 83.8 Å². The number of nitrogens with zero attached hydrogens (tertiary/aromatic N) is 15. The summed E-state index contributed by atoms with van der Waals surface area (Å²) >= 11 is 0. The van der Waals surface area contributed by atoms with Crippen molar-refractivity contribution in [3.05, 3.63) is 245 Å². The summed E-state index contributed by atoms with van der Waals surface area (Å²) in [7, 11) is 0. The zero-order valence-corrected chi connectivity index (χ0v) is 81.0. The van der Waals surface area contributed by atoms with Gasteiger partial charge in [-0.3, -0.25) is 28.8 Å². The first-order valence-electron chi connectivity index (χ1n) is 50.4. The molecule has 24 nitrogen and oxygen atoms in total. The fourth-order valence-electron chi connectivity index (χ4n) is 17.3. The highest BCUT2D eigenvalue weighted by Gasteiger charge is 2.28. The Morgan fingerprint density at radius 2 is 0.547 bits per heavy atom. The number of amides is 6. The minimum atomic E-state index is -1.27. The standard InChI is InChI=1S/C110H137F3N18O6/c1-7-13-19-25-31-39-62-125(63-40-32-26-20-14-8-2)108(135)86-55-48-57-90(71-86)129-78-100(118-122-129)82-51-46-53-84(69-82)102-80-131(124-120-102)92-73-87(109(136)126(64-41-33-27-21-15-9-3)65-42-34-28-22-16-10-4)72-91(76-92)130-79-101(119-123-130)83-52-45-50-81(68-83)99-77-128(121-117-99)89-56-47-54-85(70-89)105(132)115-97-74-88(110(137)127(66-43-35-29-23-17-11-5)67-44-36-30-24-18-12-6)75-98(104(97)113)116-107(134)94-59-49-58-93(103(94)112)106(133)114-96-61-38-37-60-95(96)111/h37-38,45-61,68-80H,7-36,39-44,62-67H2,1-6H3,(H,114,133)(H,115,132)(H,116,134). The van der Waals surface area contributed by atoms with Crippen molar-refractivity contribution < 1.29 is 41.9 Å². The summed E-state index contributed by atoms with van der Waals surface area (Å²) in [6.45, 7) is 16.7. The van der Waals surface area contributed by atoms with Crippen LogP contribution in [-0.2, 0) is 0 Å². The first kappa shape index (κ1) is 103. The number of hydrogen-bond acceptors (Lipinski definition) is 14. The molecule has 3 N–H and O–H groups in total. The molecule has 0 aliphatic rings. The highest BCUT2D eigenvalue weighted by Crippen LogP contribution is 2.34. The maximum atomic E-state index is 17.4. The number of halogens is 3. The number of benzene rings is 8. The predicted octanol–water partition coefficient (Wildman–Crippen LogP) is 26.3. The number of hydrogen-bond donors (Lipinski definition) is 3. The molecule has 0 saturated carbocycles. The fourth-order valence-corrected chi connectivity index (χ4v) is 17.3. The van der Waals surface area contributed by atoms with Gasteiger partial charge in [0.2, 0.25) is 0 Å². The van der Waals surface area contributed by atoms with Crippen molar-refractivity contribution in [3.8, 4) is 67.8 Å². The van der Waals surface area contributed by atoms with E-state index < -0.39 is 63.6 Å². The quantitative estimate of drug-likeness (QED) is 0.0299. The number of aromatic nitrogens is 12. The molecule has 0 unspecified atom stereocenters. The number of unbranched alkanes of at least 4 members (excludes halogenated alkanes) is 30. The van der Waals surface area contributed by atoms with Crippen molar-refractivity contribution in [2.45, 2.75) is 273 Å². The lowest BCUT2D eigenvalue weighted by Crippen LogP contribution is -2.33. The van der Waals surface area contributed by atoms with Gasteiger partial charge in [0.1, 0.15) is 34.4 Å². The van der Waals surface area contributed by atoms with Crippen molar-refractivity contribution in [2.24, 2.45) is 0 Å². The molecule has 0 atom stereocenters. The van der Waals surface area contributed by atoms with E-state index >= 15 is 13.6 Å². The van der Waals surface area contributed by atoms with E-state index in [-0.39, 0.29) is 28.6 Å². The van der Waals surface area contributed by atoms with Gasteiger partial charge in [0.15, 0.2) is 5.82 Å². The third-order valence-electron chi connectivity index (χ3n) is 25.3. The van der Waals surface area contributed by atoms with E-state index in [2.05, 4.69) is 83.0 Å². The molecule has 0 saturated heterocycles. The van der Waals surface area contributed by atoms with E-state index in [1.54, 1.807) is 49.5 Å². The normalized spacial score (nSPS) is 11.3. The molecule has 0 radical (unpaired) electrons. The Morgan fingerprint density at radius 3 is 0.912 bits per heavy atom. The molecule has 8 aromatic carbocycles. The van der Waals surface area contributed by atoms with E-state index in [9.17, 15) is 28.4 Å². The molecule has 724 valence electrons. The average Bonchev–Trinajstić information content (AvgIpc) is 1.64. The molecule has 4 heterocycles. The number of carbonyl (C=O) groups excluding carboxylic acids is 6. The lowest BCUT2D eigenvalue weighted by atomic mass is 10.1. The van der Waals surface area contributed by atoms with Gasteiger partial charge in [-0.05, 0) is 142 Å².